The smallest absolute Gasteiger partial charge is 0.342 e. The average Bonchev–Trinajstić information content (AvgIpc) is 2.49. The molecule has 0 radical (unpaired) electrons. The first-order valence-electron chi connectivity index (χ1n) is 6.94. The van der Waals surface area contributed by atoms with Crippen LogP contribution in [0.3, 0.4) is 0 Å². The largest absolute Gasteiger partial charge is 0.456 e. The van der Waals surface area contributed by atoms with Gasteiger partial charge in [0.1, 0.15) is 11.2 Å². The fraction of sp³-hybridized carbons (Fsp3) is 0.733. The number of ketones is 1. The van der Waals surface area contributed by atoms with E-state index in [4.69, 9.17) is 4.74 Å². The first kappa shape index (κ1) is 14.3. The summed E-state index contributed by atoms with van der Waals surface area (Å²) in [6.45, 7) is 9.04. The molecule has 1 spiro atoms. The van der Waals surface area contributed by atoms with Crippen LogP contribution in [0.2, 0.25) is 0 Å². The normalized spacial score (nSPS) is 23.1. The Morgan fingerprint density at radius 2 is 1.84 bits per heavy atom. The van der Waals surface area contributed by atoms with Crippen LogP contribution in [-0.4, -0.2) is 30.4 Å². The minimum Gasteiger partial charge on any atom is -0.456 e. The van der Waals surface area contributed by atoms with Crippen LogP contribution < -0.4 is 5.32 Å². The molecule has 0 unspecified atom stereocenters. The first-order valence-corrected chi connectivity index (χ1v) is 6.94. The van der Waals surface area contributed by atoms with Gasteiger partial charge in [0.15, 0.2) is 5.78 Å². The fourth-order valence-electron chi connectivity index (χ4n) is 3.04. The van der Waals surface area contributed by atoms with Crippen molar-refractivity contribution in [2.45, 2.75) is 52.6 Å². The van der Waals surface area contributed by atoms with Gasteiger partial charge in [-0.1, -0.05) is 5.57 Å². The van der Waals surface area contributed by atoms with Gasteiger partial charge in [-0.15, -0.1) is 0 Å². The number of hydrogen-bond donors (Lipinski definition) is 1. The number of ether oxygens (including phenoxy) is 1. The lowest BCUT2D eigenvalue weighted by atomic mass is 9.75. The van der Waals surface area contributed by atoms with Crippen molar-refractivity contribution in [3.8, 4) is 0 Å². The lowest BCUT2D eigenvalue weighted by molar-refractivity contribution is -0.151. The van der Waals surface area contributed by atoms with E-state index in [1.165, 1.54) is 0 Å². The fourth-order valence-corrected chi connectivity index (χ4v) is 3.04. The number of esters is 1. The molecule has 0 atom stereocenters. The number of rotatable bonds is 1. The molecule has 0 aromatic heterocycles. The summed E-state index contributed by atoms with van der Waals surface area (Å²) in [4.78, 5) is 24.8. The number of hydrogen-bond acceptors (Lipinski definition) is 4. The molecule has 4 heteroatoms. The molecule has 1 fully saturated rings. The van der Waals surface area contributed by atoms with Gasteiger partial charge < -0.3 is 10.1 Å². The molecule has 106 valence electrons. The highest BCUT2D eigenvalue weighted by Gasteiger charge is 2.48. The van der Waals surface area contributed by atoms with Crippen LogP contribution in [0.25, 0.3) is 0 Å². The van der Waals surface area contributed by atoms with Crippen LogP contribution in [0.5, 0.6) is 0 Å². The molecule has 0 aromatic rings. The van der Waals surface area contributed by atoms with E-state index in [2.05, 4.69) is 5.32 Å². The number of carbonyl (C=O) groups is 2. The SMILES string of the molecule is CC1=C(C(=O)OC(C)(C)C)C(=O)C2(CCNCC2)C1. The molecule has 1 N–H and O–H groups in total. The number of nitrogens with one attached hydrogen (secondary N) is 1. The zero-order valence-electron chi connectivity index (χ0n) is 12.3. The van der Waals surface area contributed by atoms with Gasteiger partial charge in [0, 0.05) is 5.41 Å². The molecule has 1 heterocycles. The van der Waals surface area contributed by atoms with Crippen molar-refractivity contribution in [3.05, 3.63) is 11.1 Å². The third kappa shape index (κ3) is 2.73. The van der Waals surface area contributed by atoms with Crippen LogP contribution >= 0.6 is 0 Å². The van der Waals surface area contributed by atoms with Crippen LogP contribution in [-0.2, 0) is 14.3 Å². The van der Waals surface area contributed by atoms with E-state index >= 15 is 0 Å². The second kappa shape index (κ2) is 4.75. The van der Waals surface area contributed by atoms with Gasteiger partial charge in [0.2, 0.25) is 0 Å². The van der Waals surface area contributed by atoms with E-state index in [1.54, 1.807) is 0 Å². The van der Waals surface area contributed by atoms with Crippen LogP contribution in [0.1, 0.15) is 47.0 Å². The van der Waals surface area contributed by atoms with Gasteiger partial charge in [-0.2, -0.15) is 0 Å². The maximum absolute atomic E-state index is 12.6. The van der Waals surface area contributed by atoms with Gasteiger partial charge in [-0.3, -0.25) is 4.79 Å². The summed E-state index contributed by atoms with van der Waals surface area (Å²) in [5.74, 6) is -0.453. The number of piperidine rings is 1. The van der Waals surface area contributed by atoms with Crippen molar-refractivity contribution in [2.75, 3.05) is 13.1 Å². The Balaban J connectivity index is 2.20. The molecule has 4 nitrogen and oxygen atoms in total. The summed E-state index contributed by atoms with van der Waals surface area (Å²) in [6, 6.07) is 0. The molecule has 0 aromatic carbocycles. The maximum Gasteiger partial charge on any atom is 0.342 e. The molecular formula is C15H23NO3. The van der Waals surface area contributed by atoms with Gasteiger partial charge >= 0.3 is 5.97 Å². The number of carbonyl (C=O) groups excluding carboxylic acids is 2. The van der Waals surface area contributed by atoms with Gasteiger partial charge in [-0.25, -0.2) is 4.79 Å². The van der Waals surface area contributed by atoms with E-state index in [9.17, 15) is 9.59 Å². The Bertz CT molecular complexity index is 437. The first-order chi connectivity index (χ1) is 8.75. The van der Waals surface area contributed by atoms with Gasteiger partial charge in [0.25, 0.3) is 0 Å². The summed E-state index contributed by atoms with van der Waals surface area (Å²) >= 11 is 0. The summed E-state index contributed by atoms with van der Waals surface area (Å²) < 4.78 is 5.36. The van der Waals surface area contributed by atoms with Crippen molar-refractivity contribution in [1.29, 1.82) is 0 Å². The van der Waals surface area contributed by atoms with E-state index < -0.39 is 11.6 Å². The van der Waals surface area contributed by atoms with Crippen molar-refractivity contribution < 1.29 is 14.3 Å². The van der Waals surface area contributed by atoms with Crippen LogP contribution in [0.4, 0.5) is 0 Å². The van der Waals surface area contributed by atoms with E-state index in [0.29, 0.717) is 12.0 Å². The highest BCUT2D eigenvalue weighted by molar-refractivity contribution is 6.22. The van der Waals surface area contributed by atoms with Gasteiger partial charge in [-0.05, 0) is 60.0 Å². The predicted molar refractivity (Wildman–Crippen MR) is 72.7 cm³/mol. The van der Waals surface area contributed by atoms with Crippen molar-refractivity contribution in [2.24, 2.45) is 5.41 Å². The number of allylic oxidation sites excluding steroid dienone is 1. The molecule has 1 aliphatic carbocycles. The molecule has 0 saturated carbocycles. The third-order valence-electron chi connectivity index (χ3n) is 3.90. The Labute approximate surface area is 114 Å². The minimum atomic E-state index is -0.561. The summed E-state index contributed by atoms with van der Waals surface area (Å²) in [5.41, 5.74) is 0.286. The molecule has 2 aliphatic rings. The van der Waals surface area contributed by atoms with E-state index in [1.807, 2.05) is 27.7 Å². The van der Waals surface area contributed by atoms with Crippen molar-refractivity contribution in [1.82, 2.24) is 5.32 Å². The molecule has 1 aliphatic heterocycles. The lowest BCUT2D eigenvalue weighted by Crippen LogP contribution is -2.41. The van der Waals surface area contributed by atoms with Crippen molar-refractivity contribution >= 4 is 11.8 Å². The lowest BCUT2D eigenvalue weighted by Gasteiger charge is -2.32. The quantitative estimate of drug-likeness (QED) is 0.582. The standard InChI is InChI=1S/C15H23NO3/c1-10-9-15(5-7-16-8-6-15)12(17)11(10)13(18)19-14(2,3)4/h16H,5-9H2,1-4H3. The summed E-state index contributed by atoms with van der Waals surface area (Å²) in [7, 11) is 0. The van der Waals surface area contributed by atoms with Crippen LogP contribution in [0.15, 0.2) is 11.1 Å². The molecule has 19 heavy (non-hydrogen) atoms. The Morgan fingerprint density at radius 3 is 2.37 bits per heavy atom. The number of Topliss-reactive ketones (excluding diaryl/α,β-unsaturated/α-hetero) is 1. The van der Waals surface area contributed by atoms with Gasteiger partial charge in [0.05, 0.1) is 0 Å². The highest BCUT2D eigenvalue weighted by Crippen LogP contribution is 2.45. The summed E-state index contributed by atoms with van der Waals surface area (Å²) in [6.07, 6.45) is 2.34. The van der Waals surface area contributed by atoms with E-state index in [-0.39, 0.29) is 11.2 Å². The molecule has 1 saturated heterocycles. The van der Waals surface area contributed by atoms with E-state index in [0.717, 1.165) is 31.5 Å². The monoisotopic (exact) mass is 265 g/mol. The topological polar surface area (TPSA) is 55.4 Å². The Morgan fingerprint density at radius 1 is 1.26 bits per heavy atom. The molecule has 0 amide bonds. The molecule has 0 bridgehead atoms. The minimum absolute atomic E-state index is 0.000694. The summed E-state index contributed by atoms with van der Waals surface area (Å²) in [5, 5.41) is 3.27. The average molecular weight is 265 g/mol. The Hall–Kier alpha value is -1.16. The van der Waals surface area contributed by atoms with Crippen molar-refractivity contribution in [3.63, 3.8) is 0 Å². The second-order valence-corrected chi connectivity index (χ2v) is 6.69. The maximum atomic E-state index is 12.6. The highest BCUT2D eigenvalue weighted by atomic mass is 16.6. The molecule has 2 rings (SSSR count). The second-order valence-electron chi connectivity index (χ2n) is 6.69. The zero-order chi connectivity index (χ0) is 14.3. The third-order valence-corrected chi connectivity index (χ3v) is 3.90. The molecular weight excluding hydrogens is 242 g/mol. The van der Waals surface area contributed by atoms with Crippen LogP contribution in [0, 0.1) is 5.41 Å². The Kier molecular flexibility index (Phi) is 3.56. The predicted octanol–water partition coefficient (Wildman–Crippen LogP) is 1.99. The zero-order valence-corrected chi connectivity index (χ0v) is 12.3.